The molecule has 0 radical (unpaired) electrons. The van der Waals surface area contributed by atoms with Crippen LogP contribution in [0.2, 0.25) is 0 Å². The molecule has 0 unspecified atom stereocenters. The second-order valence-electron chi connectivity index (χ2n) is 5.60. The average molecular weight is 368 g/mol. The lowest BCUT2D eigenvalue weighted by Gasteiger charge is -2.07. The minimum atomic E-state index is -0.368. The van der Waals surface area contributed by atoms with Crippen LogP contribution in [0.3, 0.4) is 0 Å². The van der Waals surface area contributed by atoms with Crippen LogP contribution in [0.5, 0.6) is 11.5 Å². The predicted molar refractivity (Wildman–Crippen MR) is 100 cm³/mol. The summed E-state index contributed by atoms with van der Waals surface area (Å²) >= 11 is 0. The third kappa shape index (κ3) is 4.65. The number of amides is 1. The summed E-state index contributed by atoms with van der Waals surface area (Å²) in [4.78, 5) is 12.4. The number of carbonyl (C=O) groups is 1. The number of anilines is 1. The summed E-state index contributed by atoms with van der Waals surface area (Å²) in [6.07, 6.45) is 0. The zero-order valence-electron chi connectivity index (χ0n) is 15.1. The molecule has 3 aromatic rings. The molecule has 2 aromatic carbocycles. The second-order valence-corrected chi connectivity index (χ2v) is 5.60. The number of aromatic nitrogens is 1. The number of rotatable bonds is 8. The predicted octanol–water partition coefficient (Wildman–Crippen LogP) is 3.63. The van der Waals surface area contributed by atoms with Crippen molar-refractivity contribution in [1.29, 1.82) is 0 Å². The van der Waals surface area contributed by atoms with Gasteiger partial charge in [-0.15, -0.1) is 0 Å². The standard InChI is InChI=1S/C20H20N2O5/c1-24-11-12-26-15-9-7-14(8-10-15)21-20(23)17-13-19(27-22-17)16-5-3-4-6-18(16)25-2/h3-10,13H,11-12H2,1-2H3,(H,21,23). The number of hydrogen-bond acceptors (Lipinski definition) is 6. The van der Waals surface area contributed by atoms with E-state index < -0.39 is 0 Å². The number of carbonyl (C=O) groups excluding carboxylic acids is 1. The highest BCUT2D eigenvalue weighted by Crippen LogP contribution is 2.30. The van der Waals surface area contributed by atoms with Crippen molar-refractivity contribution >= 4 is 11.6 Å². The molecule has 0 fully saturated rings. The Bertz CT molecular complexity index is 889. The number of para-hydroxylation sites is 1. The summed E-state index contributed by atoms with van der Waals surface area (Å²) < 4.78 is 21.0. The van der Waals surface area contributed by atoms with Gasteiger partial charge in [0, 0.05) is 18.9 Å². The smallest absolute Gasteiger partial charge is 0.277 e. The van der Waals surface area contributed by atoms with E-state index in [1.54, 1.807) is 44.6 Å². The van der Waals surface area contributed by atoms with E-state index in [0.29, 0.717) is 36.2 Å². The molecule has 1 amide bonds. The fraction of sp³-hybridized carbons (Fsp3) is 0.200. The summed E-state index contributed by atoms with van der Waals surface area (Å²) in [6, 6.07) is 16.0. The van der Waals surface area contributed by atoms with Gasteiger partial charge in [-0.25, -0.2) is 0 Å². The maximum Gasteiger partial charge on any atom is 0.277 e. The Labute approximate surface area is 156 Å². The van der Waals surface area contributed by atoms with Gasteiger partial charge in [-0.2, -0.15) is 0 Å². The Kier molecular flexibility index (Phi) is 6.06. The van der Waals surface area contributed by atoms with Gasteiger partial charge in [0.1, 0.15) is 18.1 Å². The Morgan fingerprint density at radius 3 is 2.59 bits per heavy atom. The van der Waals surface area contributed by atoms with Gasteiger partial charge in [0.2, 0.25) is 0 Å². The lowest BCUT2D eigenvalue weighted by Crippen LogP contribution is -2.12. The largest absolute Gasteiger partial charge is 0.496 e. The first-order chi connectivity index (χ1) is 13.2. The highest BCUT2D eigenvalue weighted by Gasteiger charge is 2.16. The molecular weight excluding hydrogens is 348 g/mol. The molecule has 140 valence electrons. The van der Waals surface area contributed by atoms with Crippen LogP contribution < -0.4 is 14.8 Å². The molecule has 0 atom stereocenters. The van der Waals surface area contributed by atoms with Gasteiger partial charge < -0.3 is 24.1 Å². The van der Waals surface area contributed by atoms with Crippen LogP contribution in [-0.2, 0) is 4.74 Å². The van der Waals surface area contributed by atoms with Crippen molar-refractivity contribution in [2.24, 2.45) is 0 Å². The molecule has 7 nitrogen and oxygen atoms in total. The van der Waals surface area contributed by atoms with Crippen molar-refractivity contribution in [3.05, 3.63) is 60.3 Å². The Morgan fingerprint density at radius 1 is 1.07 bits per heavy atom. The average Bonchev–Trinajstić information content (AvgIpc) is 3.20. The zero-order chi connectivity index (χ0) is 19.1. The van der Waals surface area contributed by atoms with Gasteiger partial charge in [-0.05, 0) is 36.4 Å². The first kappa shape index (κ1) is 18.5. The fourth-order valence-electron chi connectivity index (χ4n) is 2.43. The van der Waals surface area contributed by atoms with Crippen LogP contribution in [0, 0.1) is 0 Å². The lowest BCUT2D eigenvalue weighted by molar-refractivity contribution is 0.101. The van der Waals surface area contributed by atoms with Crippen LogP contribution in [0.1, 0.15) is 10.5 Å². The first-order valence-corrected chi connectivity index (χ1v) is 8.34. The molecule has 0 bridgehead atoms. The van der Waals surface area contributed by atoms with Crippen molar-refractivity contribution in [2.45, 2.75) is 0 Å². The topological polar surface area (TPSA) is 82.8 Å². The van der Waals surface area contributed by atoms with Crippen LogP contribution in [-0.4, -0.2) is 38.5 Å². The van der Waals surface area contributed by atoms with Gasteiger partial charge in [-0.1, -0.05) is 17.3 Å². The number of methoxy groups -OCH3 is 2. The van der Waals surface area contributed by atoms with E-state index in [9.17, 15) is 4.79 Å². The van der Waals surface area contributed by atoms with Crippen molar-refractivity contribution in [1.82, 2.24) is 5.16 Å². The minimum absolute atomic E-state index is 0.177. The maximum atomic E-state index is 12.4. The number of nitrogens with zero attached hydrogens (tertiary/aromatic N) is 1. The quantitative estimate of drug-likeness (QED) is 0.612. The number of ether oxygens (including phenoxy) is 3. The summed E-state index contributed by atoms with van der Waals surface area (Å²) in [5.74, 6) is 1.43. The van der Waals surface area contributed by atoms with Crippen molar-refractivity contribution in [3.8, 4) is 22.8 Å². The highest BCUT2D eigenvalue weighted by atomic mass is 16.5. The van der Waals surface area contributed by atoms with Gasteiger partial charge in [0.25, 0.3) is 5.91 Å². The van der Waals surface area contributed by atoms with E-state index in [4.69, 9.17) is 18.7 Å². The van der Waals surface area contributed by atoms with E-state index in [-0.39, 0.29) is 11.6 Å². The molecule has 0 aliphatic rings. The Hall–Kier alpha value is -3.32. The molecule has 0 spiro atoms. The molecule has 1 aromatic heterocycles. The molecule has 0 aliphatic heterocycles. The monoisotopic (exact) mass is 368 g/mol. The SMILES string of the molecule is COCCOc1ccc(NC(=O)c2cc(-c3ccccc3OC)on2)cc1. The summed E-state index contributed by atoms with van der Waals surface area (Å²) in [5, 5.41) is 6.62. The third-order valence-corrected chi connectivity index (χ3v) is 3.78. The van der Waals surface area contributed by atoms with E-state index >= 15 is 0 Å². The first-order valence-electron chi connectivity index (χ1n) is 8.34. The summed E-state index contributed by atoms with van der Waals surface area (Å²) in [5.41, 5.74) is 1.53. The Morgan fingerprint density at radius 2 is 1.85 bits per heavy atom. The van der Waals surface area contributed by atoms with Crippen molar-refractivity contribution in [3.63, 3.8) is 0 Å². The minimum Gasteiger partial charge on any atom is -0.496 e. The lowest BCUT2D eigenvalue weighted by atomic mass is 10.1. The zero-order valence-corrected chi connectivity index (χ0v) is 15.1. The maximum absolute atomic E-state index is 12.4. The number of nitrogens with one attached hydrogen (secondary N) is 1. The van der Waals surface area contributed by atoms with E-state index in [2.05, 4.69) is 10.5 Å². The third-order valence-electron chi connectivity index (χ3n) is 3.78. The van der Waals surface area contributed by atoms with Crippen molar-refractivity contribution < 1.29 is 23.5 Å². The van der Waals surface area contributed by atoms with Crippen LogP contribution in [0.15, 0.2) is 59.1 Å². The van der Waals surface area contributed by atoms with Gasteiger partial charge in [-0.3, -0.25) is 4.79 Å². The van der Waals surface area contributed by atoms with Crippen molar-refractivity contribution in [2.75, 3.05) is 32.8 Å². The van der Waals surface area contributed by atoms with Crippen LogP contribution >= 0.6 is 0 Å². The molecule has 1 N–H and O–H groups in total. The molecule has 0 aliphatic carbocycles. The summed E-state index contributed by atoms with van der Waals surface area (Å²) in [7, 11) is 3.19. The van der Waals surface area contributed by atoms with E-state index in [1.165, 1.54) is 0 Å². The van der Waals surface area contributed by atoms with Gasteiger partial charge in [0.05, 0.1) is 19.3 Å². The van der Waals surface area contributed by atoms with Crippen LogP contribution in [0.25, 0.3) is 11.3 Å². The number of benzene rings is 2. The molecule has 0 saturated carbocycles. The summed E-state index contributed by atoms with van der Waals surface area (Å²) in [6.45, 7) is 0.978. The van der Waals surface area contributed by atoms with Crippen LogP contribution in [0.4, 0.5) is 5.69 Å². The molecular formula is C20H20N2O5. The molecule has 27 heavy (non-hydrogen) atoms. The molecule has 7 heteroatoms. The van der Waals surface area contributed by atoms with E-state index in [1.807, 2.05) is 24.3 Å². The second kappa shape index (κ2) is 8.86. The number of hydrogen-bond donors (Lipinski definition) is 1. The van der Waals surface area contributed by atoms with Gasteiger partial charge in [0.15, 0.2) is 11.5 Å². The normalized spacial score (nSPS) is 10.4. The van der Waals surface area contributed by atoms with Gasteiger partial charge >= 0.3 is 0 Å². The molecule has 3 rings (SSSR count). The molecule has 0 saturated heterocycles. The highest BCUT2D eigenvalue weighted by molar-refractivity contribution is 6.03. The van der Waals surface area contributed by atoms with E-state index in [0.717, 1.165) is 5.56 Å². The Balaban J connectivity index is 1.66. The fourth-order valence-corrected chi connectivity index (χ4v) is 2.43. The molecule has 1 heterocycles.